The van der Waals surface area contributed by atoms with E-state index in [9.17, 15) is 4.79 Å². The van der Waals surface area contributed by atoms with E-state index in [0.29, 0.717) is 19.7 Å². The molecule has 1 unspecified atom stereocenters. The van der Waals surface area contributed by atoms with Gasteiger partial charge in [-0.1, -0.05) is 30.3 Å². The van der Waals surface area contributed by atoms with Gasteiger partial charge >= 0.3 is 0 Å². The Labute approximate surface area is 135 Å². The zero-order chi connectivity index (χ0) is 15.4. The molecule has 1 heterocycles. The first-order chi connectivity index (χ1) is 10.8. The normalized spacial score (nSPS) is 18.2. The molecule has 1 saturated heterocycles. The van der Waals surface area contributed by atoms with Gasteiger partial charge in [-0.25, -0.2) is 0 Å². The lowest BCUT2D eigenvalue weighted by atomic mass is 10.1. The number of hydrogen-bond donors (Lipinski definition) is 0. The zero-order valence-corrected chi connectivity index (χ0v) is 13.4. The van der Waals surface area contributed by atoms with E-state index in [1.807, 2.05) is 65.8 Å². The maximum atomic E-state index is 12.6. The molecule has 4 heteroatoms. The van der Waals surface area contributed by atoms with Crippen LogP contribution in [0.15, 0.2) is 59.5 Å². The molecule has 2 aromatic carbocycles. The summed E-state index contributed by atoms with van der Waals surface area (Å²) < 4.78 is 5.82. The first-order valence-corrected chi connectivity index (χ1v) is 8.60. The number of ether oxygens (including phenoxy) is 1. The van der Waals surface area contributed by atoms with E-state index in [1.165, 1.54) is 4.90 Å². The highest BCUT2D eigenvalue weighted by Gasteiger charge is 2.25. The van der Waals surface area contributed by atoms with Crippen molar-refractivity contribution in [2.45, 2.75) is 11.0 Å². The van der Waals surface area contributed by atoms with Crippen LogP contribution in [0, 0.1) is 0 Å². The fourth-order valence-corrected chi connectivity index (χ4v) is 3.03. The van der Waals surface area contributed by atoms with Crippen molar-refractivity contribution in [3.63, 3.8) is 0 Å². The minimum Gasteiger partial charge on any atom is -0.370 e. The third-order valence-corrected chi connectivity index (χ3v) is 4.61. The summed E-state index contributed by atoms with van der Waals surface area (Å²) in [5.41, 5.74) is 1.87. The largest absolute Gasteiger partial charge is 0.370 e. The molecule has 0 bridgehead atoms. The van der Waals surface area contributed by atoms with Crippen LogP contribution in [0.25, 0.3) is 0 Å². The Bertz CT molecular complexity index is 627. The first-order valence-electron chi connectivity index (χ1n) is 7.38. The smallest absolute Gasteiger partial charge is 0.254 e. The van der Waals surface area contributed by atoms with Crippen molar-refractivity contribution in [3.8, 4) is 0 Å². The van der Waals surface area contributed by atoms with Gasteiger partial charge in [-0.15, -0.1) is 11.8 Å². The van der Waals surface area contributed by atoms with Crippen molar-refractivity contribution in [2.24, 2.45) is 0 Å². The first kappa shape index (κ1) is 15.1. The van der Waals surface area contributed by atoms with Crippen LogP contribution in [0.3, 0.4) is 0 Å². The van der Waals surface area contributed by atoms with Crippen LogP contribution in [0.4, 0.5) is 0 Å². The van der Waals surface area contributed by atoms with Gasteiger partial charge < -0.3 is 9.64 Å². The molecule has 0 saturated carbocycles. The van der Waals surface area contributed by atoms with E-state index in [1.54, 1.807) is 11.8 Å². The molecule has 0 N–H and O–H groups in total. The molecule has 1 aliphatic rings. The summed E-state index contributed by atoms with van der Waals surface area (Å²) in [6.07, 6.45) is 1.99. The van der Waals surface area contributed by atoms with E-state index in [-0.39, 0.29) is 12.0 Å². The summed E-state index contributed by atoms with van der Waals surface area (Å²) >= 11 is 1.68. The van der Waals surface area contributed by atoms with E-state index >= 15 is 0 Å². The molecular weight excluding hydrogens is 294 g/mol. The highest BCUT2D eigenvalue weighted by Crippen LogP contribution is 2.23. The van der Waals surface area contributed by atoms with E-state index in [4.69, 9.17) is 4.74 Å². The van der Waals surface area contributed by atoms with E-state index in [2.05, 4.69) is 0 Å². The minimum absolute atomic E-state index is 0.0376. The fourth-order valence-electron chi connectivity index (χ4n) is 2.62. The molecule has 3 nitrogen and oxygen atoms in total. The lowest BCUT2D eigenvalue weighted by Crippen LogP contribution is -2.42. The average molecular weight is 313 g/mol. The summed E-state index contributed by atoms with van der Waals surface area (Å²) in [6.45, 7) is 1.83. The number of hydrogen-bond acceptors (Lipinski definition) is 3. The molecule has 0 spiro atoms. The lowest BCUT2D eigenvalue weighted by molar-refractivity contribution is -0.0228. The molecular formula is C18H19NO2S. The Kier molecular flexibility index (Phi) is 4.80. The predicted octanol–water partition coefficient (Wildman–Crippen LogP) is 3.62. The number of nitrogens with zero attached hydrogens (tertiary/aromatic N) is 1. The van der Waals surface area contributed by atoms with Gasteiger partial charge in [0.1, 0.15) is 6.10 Å². The molecule has 1 amide bonds. The summed E-state index contributed by atoms with van der Waals surface area (Å²) in [7, 11) is 0. The molecule has 1 aliphatic heterocycles. The van der Waals surface area contributed by atoms with Gasteiger partial charge in [0.2, 0.25) is 0 Å². The third-order valence-electron chi connectivity index (χ3n) is 3.86. The standard InChI is InChI=1S/C18H19NO2S/c1-22-16-9-7-15(8-10-16)18(20)19-11-12-21-17(13-19)14-5-3-2-4-6-14/h2-10,17H,11-13H2,1H3. The summed E-state index contributed by atoms with van der Waals surface area (Å²) in [5, 5.41) is 0. The highest BCUT2D eigenvalue weighted by molar-refractivity contribution is 7.98. The van der Waals surface area contributed by atoms with Gasteiger partial charge in [0.05, 0.1) is 13.2 Å². The maximum absolute atomic E-state index is 12.6. The second-order valence-electron chi connectivity index (χ2n) is 5.25. The predicted molar refractivity (Wildman–Crippen MR) is 89.3 cm³/mol. The Morgan fingerprint density at radius 1 is 1.14 bits per heavy atom. The third kappa shape index (κ3) is 3.34. The quantitative estimate of drug-likeness (QED) is 0.811. The molecule has 1 atom stereocenters. The molecule has 114 valence electrons. The molecule has 1 fully saturated rings. The number of carbonyl (C=O) groups excluding carboxylic acids is 1. The Morgan fingerprint density at radius 2 is 1.86 bits per heavy atom. The van der Waals surface area contributed by atoms with Crippen LogP contribution < -0.4 is 0 Å². The Hall–Kier alpha value is -1.78. The van der Waals surface area contributed by atoms with Crippen LogP contribution >= 0.6 is 11.8 Å². The lowest BCUT2D eigenvalue weighted by Gasteiger charge is -2.33. The number of benzene rings is 2. The maximum Gasteiger partial charge on any atom is 0.254 e. The van der Waals surface area contributed by atoms with E-state index < -0.39 is 0 Å². The van der Waals surface area contributed by atoms with Crippen LogP contribution in [-0.4, -0.2) is 36.8 Å². The average Bonchev–Trinajstić information content (AvgIpc) is 2.62. The van der Waals surface area contributed by atoms with Crippen LogP contribution in [0.1, 0.15) is 22.0 Å². The molecule has 0 radical (unpaired) electrons. The van der Waals surface area contributed by atoms with Crippen molar-refractivity contribution < 1.29 is 9.53 Å². The number of rotatable bonds is 3. The molecule has 0 aliphatic carbocycles. The van der Waals surface area contributed by atoms with Crippen molar-refractivity contribution in [1.29, 1.82) is 0 Å². The number of morpholine rings is 1. The van der Waals surface area contributed by atoms with Crippen molar-refractivity contribution in [3.05, 3.63) is 65.7 Å². The SMILES string of the molecule is CSc1ccc(C(=O)N2CCOC(c3ccccc3)C2)cc1. The number of thioether (sulfide) groups is 1. The van der Waals surface area contributed by atoms with Crippen LogP contribution in [0.2, 0.25) is 0 Å². The number of carbonyl (C=O) groups is 1. The monoisotopic (exact) mass is 313 g/mol. The number of amides is 1. The molecule has 2 aromatic rings. The van der Waals surface area contributed by atoms with Crippen molar-refractivity contribution >= 4 is 17.7 Å². The molecule has 22 heavy (non-hydrogen) atoms. The Morgan fingerprint density at radius 3 is 2.55 bits per heavy atom. The van der Waals surface area contributed by atoms with Gasteiger partial charge in [-0.05, 0) is 36.1 Å². The second-order valence-corrected chi connectivity index (χ2v) is 6.13. The summed E-state index contributed by atoms with van der Waals surface area (Å²) in [6, 6.07) is 17.9. The summed E-state index contributed by atoms with van der Waals surface area (Å²) in [5.74, 6) is 0.0804. The fraction of sp³-hybridized carbons (Fsp3) is 0.278. The van der Waals surface area contributed by atoms with Crippen LogP contribution in [0.5, 0.6) is 0 Å². The highest BCUT2D eigenvalue weighted by atomic mass is 32.2. The van der Waals surface area contributed by atoms with E-state index in [0.717, 1.165) is 11.1 Å². The van der Waals surface area contributed by atoms with Gasteiger partial charge in [-0.2, -0.15) is 0 Å². The van der Waals surface area contributed by atoms with Crippen molar-refractivity contribution in [1.82, 2.24) is 4.90 Å². The van der Waals surface area contributed by atoms with Gasteiger partial charge in [-0.3, -0.25) is 4.79 Å². The Balaban J connectivity index is 1.72. The summed E-state index contributed by atoms with van der Waals surface area (Å²) in [4.78, 5) is 15.7. The second kappa shape index (κ2) is 6.99. The molecule has 3 rings (SSSR count). The van der Waals surface area contributed by atoms with Gasteiger partial charge in [0.15, 0.2) is 0 Å². The molecule has 0 aromatic heterocycles. The topological polar surface area (TPSA) is 29.5 Å². The zero-order valence-electron chi connectivity index (χ0n) is 12.6. The van der Waals surface area contributed by atoms with Gasteiger partial charge in [0, 0.05) is 17.0 Å². The van der Waals surface area contributed by atoms with Crippen LogP contribution in [-0.2, 0) is 4.74 Å². The minimum atomic E-state index is -0.0376. The van der Waals surface area contributed by atoms with Gasteiger partial charge in [0.25, 0.3) is 5.91 Å². The van der Waals surface area contributed by atoms with Crippen molar-refractivity contribution in [2.75, 3.05) is 26.0 Å².